The van der Waals surface area contributed by atoms with Gasteiger partial charge in [0.05, 0.1) is 6.61 Å². The maximum Gasteiger partial charge on any atom is 0.410 e. The number of rotatable bonds is 8. The lowest BCUT2D eigenvalue weighted by molar-refractivity contribution is -0.150. The fraction of sp³-hybridized carbons (Fsp3) is 0.905. The van der Waals surface area contributed by atoms with E-state index in [0.29, 0.717) is 30.8 Å². The molecule has 1 saturated carbocycles. The Kier molecular flexibility index (Phi) is 9.45. The quantitative estimate of drug-likeness (QED) is 0.572. The number of carbonyl (C=O) groups excluding carboxylic acids is 2. The van der Waals surface area contributed by atoms with Gasteiger partial charge in [0.2, 0.25) is 0 Å². The molecule has 0 saturated heterocycles. The number of amides is 1. The fourth-order valence-electron chi connectivity index (χ4n) is 3.75. The first-order valence-electron chi connectivity index (χ1n) is 10.3. The highest BCUT2D eigenvalue weighted by atomic mass is 16.6. The number of esters is 1. The monoisotopic (exact) mass is 369 g/mol. The maximum atomic E-state index is 12.8. The topological polar surface area (TPSA) is 55.8 Å². The molecule has 4 unspecified atom stereocenters. The van der Waals surface area contributed by atoms with E-state index in [1.54, 1.807) is 7.05 Å². The molecule has 0 N–H and O–H groups in total. The molecule has 0 aromatic rings. The Morgan fingerprint density at radius 1 is 1.15 bits per heavy atom. The van der Waals surface area contributed by atoms with E-state index < -0.39 is 12.1 Å². The van der Waals surface area contributed by atoms with Gasteiger partial charge < -0.3 is 9.47 Å². The molecule has 0 bridgehead atoms. The van der Waals surface area contributed by atoms with Crippen LogP contribution < -0.4 is 0 Å². The van der Waals surface area contributed by atoms with Crippen LogP contribution in [0.15, 0.2) is 0 Å². The molecule has 0 heterocycles. The summed E-state index contributed by atoms with van der Waals surface area (Å²) < 4.78 is 11.2. The Bertz CT molecular complexity index is 449. The molecule has 5 heteroatoms. The van der Waals surface area contributed by atoms with E-state index in [-0.39, 0.29) is 18.0 Å². The highest BCUT2D eigenvalue weighted by Crippen LogP contribution is 2.35. The first-order valence-corrected chi connectivity index (χ1v) is 10.3. The number of hydrogen-bond donors (Lipinski definition) is 0. The Labute approximate surface area is 159 Å². The van der Waals surface area contributed by atoms with Gasteiger partial charge in [-0.3, -0.25) is 4.90 Å². The van der Waals surface area contributed by atoms with Crippen LogP contribution in [0.2, 0.25) is 0 Å². The highest BCUT2D eigenvalue weighted by molar-refractivity contribution is 5.81. The predicted molar refractivity (Wildman–Crippen MR) is 104 cm³/mol. The van der Waals surface area contributed by atoms with Crippen molar-refractivity contribution < 1.29 is 19.1 Å². The third kappa shape index (κ3) is 6.81. The van der Waals surface area contributed by atoms with Crippen molar-refractivity contribution in [2.75, 3.05) is 13.7 Å². The maximum absolute atomic E-state index is 12.8. The molecule has 1 amide bonds. The normalized spacial score (nSPS) is 24.4. The number of hydrogen-bond acceptors (Lipinski definition) is 4. The molecule has 1 fully saturated rings. The molecule has 4 atom stereocenters. The van der Waals surface area contributed by atoms with Gasteiger partial charge in [0, 0.05) is 7.05 Å². The third-order valence-corrected chi connectivity index (χ3v) is 5.38. The predicted octanol–water partition coefficient (Wildman–Crippen LogP) is 4.88. The second kappa shape index (κ2) is 10.8. The van der Waals surface area contributed by atoms with E-state index in [1.807, 2.05) is 20.8 Å². The van der Waals surface area contributed by atoms with Gasteiger partial charge in [0.25, 0.3) is 0 Å². The zero-order valence-electron chi connectivity index (χ0n) is 17.8. The van der Waals surface area contributed by atoms with Crippen LogP contribution in [0.4, 0.5) is 4.79 Å². The van der Waals surface area contributed by atoms with Gasteiger partial charge >= 0.3 is 12.1 Å². The molecule has 0 spiro atoms. The minimum atomic E-state index is -0.590. The summed E-state index contributed by atoms with van der Waals surface area (Å²) >= 11 is 0. The van der Waals surface area contributed by atoms with E-state index in [2.05, 4.69) is 20.8 Å². The molecule has 0 aliphatic heterocycles. The van der Waals surface area contributed by atoms with Gasteiger partial charge in [-0.15, -0.1) is 0 Å². The molecule has 1 aliphatic rings. The molecule has 1 aliphatic carbocycles. The lowest BCUT2D eigenvalue weighted by Crippen LogP contribution is -2.47. The van der Waals surface area contributed by atoms with Crippen LogP contribution in [0.5, 0.6) is 0 Å². The second-order valence-electron chi connectivity index (χ2n) is 8.67. The average molecular weight is 370 g/mol. The average Bonchev–Trinajstić information content (AvgIpc) is 2.56. The summed E-state index contributed by atoms with van der Waals surface area (Å²) in [7, 11) is 1.65. The highest BCUT2D eigenvalue weighted by Gasteiger charge is 2.36. The molecule has 0 aromatic carbocycles. The van der Waals surface area contributed by atoms with E-state index in [1.165, 1.54) is 11.3 Å². The van der Waals surface area contributed by atoms with Gasteiger partial charge in [-0.2, -0.15) is 0 Å². The van der Waals surface area contributed by atoms with E-state index >= 15 is 0 Å². The van der Waals surface area contributed by atoms with Gasteiger partial charge in [-0.05, 0) is 49.4 Å². The van der Waals surface area contributed by atoms with Crippen LogP contribution in [0.1, 0.15) is 73.6 Å². The van der Waals surface area contributed by atoms with Gasteiger partial charge in [0.15, 0.2) is 0 Å². The molecule has 26 heavy (non-hydrogen) atoms. The van der Waals surface area contributed by atoms with Crippen molar-refractivity contribution in [1.82, 2.24) is 4.90 Å². The van der Waals surface area contributed by atoms with Crippen LogP contribution in [-0.4, -0.2) is 42.8 Å². The Hall–Kier alpha value is -1.26. The van der Waals surface area contributed by atoms with Crippen molar-refractivity contribution in [2.24, 2.45) is 23.7 Å². The van der Waals surface area contributed by atoms with Crippen molar-refractivity contribution in [3.63, 3.8) is 0 Å². The largest absolute Gasteiger partial charge is 0.464 e. The fourth-order valence-corrected chi connectivity index (χ4v) is 3.75. The zero-order valence-corrected chi connectivity index (χ0v) is 17.8. The first kappa shape index (κ1) is 22.8. The van der Waals surface area contributed by atoms with Crippen LogP contribution in [0.3, 0.4) is 0 Å². The minimum absolute atomic E-state index is 0.0694. The summed E-state index contributed by atoms with van der Waals surface area (Å²) in [6, 6.07) is -0.590. The Morgan fingerprint density at radius 3 is 2.35 bits per heavy atom. The van der Waals surface area contributed by atoms with Crippen LogP contribution >= 0.6 is 0 Å². The molecule has 1 rings (SSSR count). The Balaban J connectivity index is 2.80. The molecule has 0 radical (unpaired) electrons. The second-order valence-corrected chi connectivity index (χ2v) is 8.67. The summed E-state index contributed by atoms with van der Waals surface area (Å²) in [5.74, 6) is 1.37. The summed E-state index contributed by atoms with van der Waals surface area (Å²) in [4.78, 5) is 26.7. The smallest absolute Gasteiger partial charge is 0.410 e. The van der Waals surface area contributed by atoms with E-state index in [9.17, 15) is 9.59 Å². The van der Waals surface area contributed by atoms with Gasteiger partial charge in [-0.1, -0.05) is 48.0 Å². The van der Waals surface area contributed by atoms with E-state index in [4.69, 9.17) is 9.47 Å². The zero-order chi connectivity index (χ0) is 19.9. The molecule has 0 aromatic heterocycles. The van der Waals surface area contributed by atoms with Crippen LogP contribution in [0.25, 0.3) is 0 Å². The van der Waals surface area contributed by atoms with Crippen molar-refractivity contribution in [3.05, 3.63) is 0 Å². The summed E-state index contributed by atoms with van der Waals surface area (Å²) in [5, 5.41) is 0. The standard InChI is InChI=1S/C21H39NO4/c1-8-11-25-20(23)18(12-14(2)3)22(7)21(24)26-19-13-16(6)9-10-17(19)15(4)5/h14-19H,8-13H2,1-7H3. The molecule has 5 nitrogen and oxygen atoms in total. The number of ether oxygens (including phenoxy) is 2. The minimum Gasteiger partial charge on any atom is -0.464 e. The molecular formula is C21H39NO4. The molecule has 152 valence electrons. The summed E-state index contributed by atoms with van der Waals surface area (Å²) in [6.45, 7) is 13.0. The number of nitrogens with zero attached hydrogens (tertiary/aromatic N) is 1. The Morgan fingerprint density at radius 2 is 1.81 bits per heavy atom. The number of carbonyl (C=O) groups is 2. The lowest BCUT2D eigenvalue weighted by atomic mass is 9.75. The van der Waals surface area contributed by atoms with Gasteiger partial charge in [-0.25, -0.2) is 9.59 Å². The van der Waals surface area contributed by atoms with Crippen molar-refractivity contribution in [1.29, 1.82) is 0 Å². The number of likely N-dealkylation sites (N-methyl/N-ethyl adjacent to an activating group) is 1. The van der Waals surface area contributed by atoms with Crippen molar-refractivity contribution >= 4 is 12.1 Å². The van der Waals surface area contributed by atoms with Crippen LogP contribution in [0, 0.1) is 23.7 Å². The lowest BCUT2D eigenvalue weighted by Gasteiger charge is -2.38. The van der Waals surface area contributed by atoms with Gasteiger partial charge in [0.1, 0.15) is 12.1 Å². The van der Waals surface area contributed by atoms with Crippen molar-refractivity contribution in [3.8, 4) is 0 Å². The SMILES string of the molecule is CCCOC(=O)C(CC(C)C)N(C)C(=O)OC1CC(C)CCC1C(C)C. The molecular weight excluding hydrogens is 330 g/mol. The van der Waals surface area contributed by atoms with Crippen LogP contribution in [-0.2, 0) is 14.3 Å². The summed E-state index contributed by atoms with van der Waals surface area (Å²) in [6.07, 6.45) is 4.04. The third-order valence-electron chi connectivity index (χ3n) is 5.38. The first-order chi connectivity index (χ1) is 12.2. The van der Waals surface area contributed by atoms with E-state index in [0.717, 1.165) is 19.3 Å². The summed E-state index contributed by atoms with van der Waals surface area (Å²) in [5.41, 5.74) is 0. The van der Waals surface area contributed by atoms with Crippen molar-refractivity contribution in [2.45, 2.75) is 85.8 Å².